The summed E-state index contributed by atoms with van der Waals surface area (Å²) in [5, 5.41) is 4.31. The molecule has 1 aromatic carbocycles. The third kappa shape index (κ3) is 2.18. The van der Waals surface area contributed by atoms with Crippen LogP contribution in [0, 0.1) is 0 Å². The number of aryl methyl sites for hydroxylation is 1. The van der Waals surface area contributed by atoms with Crippen LogP contribution >= 0.6 is 0 Å². The zero-order valence-corrected chi connectivity index (χ0v) is 11.3. The van der Waals surface area contributed by atoms with Crippen LogP contribution in [-0.2, 0) is 6.42 Å². The minimum absolute atomic E-state index is 0.603. The zero-order valence-electron chi connectivity index (χ0n) is 11.3. The highest BCUT2D eigenvalue weighted by Crippen LogP contribution is 2.36. The van der Waals surface area contributed by atoms with Crippen LogP contribution in [0.1, 0.15) is 19.0 Å². The highest BCUT2D eigenvalue weighted by Gasteiger charge is 2.15. The number of nitrogens with zero attached hydrogens (tertiary/aromatic N) is 1. The predicted molar refractivity (Wildman–Crippen MR) is 76.3 cm³/mol. The van der Waals surface area contributed by atoms with Gasteiger partial charge in [-0.25, -0.2) is 0 Å². The van der Waals surface area contributed by atoms with Gasteiger partial charge in [-0.15, -0.1) is 0 Å². The Hall–Kier alpha value is -1.97. The lowest BCUT2D eigenvalue weighted by Gasteiger charge is -2.19. The maximum absolute atomic E-state index is 5.63. The molecule has 1 aromatic heterocycles. The molecule has 0 spiro atoms. The molecule has 0 aliphatic carbocycles. The Kier molecular flexibility index (Phi) is 3.15. The van der Waals surface area contributed by atoms with Gasteiger partial charge in [0.05, 0.1) is 5.52 Å². The van der Waals surface area contributed by atoms with E-state index in [1.807, 2.05) is 19.2 Å². The average Bonchev–Trinajstić information content (AvgIpc) is 2.44. The van der Waals surface area contributed by atoms with Crippen molar-refractivity contribution in [1.82, 2.24) is 4.98 Å². The molecule has 0 amide bonds. The van der Waals surface area contributed by atoms with E-state index >= 15 is 0 Å². The lowest BCUT2D eigenvalue weighted by atomic mass is 10.1. The van der Waals surface area contributed by atoms with Crippen LogP contribution in [0.4, 0.5) is 5.69 Å². The third-order valence-electron chi connectivity index (χ3n) is 3.30. The first-order valence-corrected chi connectivity index (χ1v) is 6.73. The highest BCUT2D eigenvalue weighted by molar-refractivity contribution is 5.93. The van der Waals surface area contributed by atoms with Crippen molar-refractivity contribution >= 4 is 16.6 Å². The lowest BCUT2D eigenvalue weighted by molar-refractivity contribution is 0.172. The fourth-order valence-corrected chi connectivity index (χ4v) is 2.41. The summed E-state index contributed by atoms with van der Waals surface area (Å²) in [6, 6.07) is 6.10. The zero-order chi connectivity index (χ0) is 13.2. The van der Waals surface area contributed by atoms with Crippen LogP contribution in [-0.4, -0.2) is 25.2 Å². The van der Waals surface area contributed by atoms with Crippen molar-refractivity contribution in [1.29, 1.82) is 0 Å². The molecule has 0 bridgehead atoms. The first kappa shape index (κ1) is 12.1. The number of aromatic nitrogens is 1. The molecule has 100 valence electrons. The number of benzene rings is 1. The topological polar surface area (TPSA) is 43.4 Å². The largest absolute Gasteiger partial charge is 0.486 e. The maximum Gasteiger partial charge on any atom is 0.163 e. The number of rotatable bonds is 3. The molecule has 0 saturated heterocycles. The lowest BCUT2D eigenvalue weighted by Crippen LogP contribution is -2.15. The molecule has 0 radical (unpaired) electrons. The Morgan fingerprint density at radius 2 is 1.89 bits per heavy atom. The molecular weight excluding hydrogens is 240 g/mol. The molecule has 4 heteroatoms. The van der Waals surface area contributed by atoms with E-state index in [1.165, 1.54) is 0 Å². The summed E-state index contributed by atoms with van der Waals surface area (Å²) < 4.78 is 11.2. The van der Waals surface area contributed by atoms with Crippen LogP contribution in [0.25, 0.3) is 10.9 Å². The van der Waals surface area contributed by atoms with E-state index in [2.05, 4.69) is 18.3 Å². The number of nitrogens with one attached hydrogen (secondary N) is 1. The molecule has 2 heterocycles. The first-order valence-electron chi connectivity index (χ1n) is 6.73. The van der Waals surface area contributed by atoms with Crippen LogP contribution in [0.3, 0.4) is 0 Å². The maximum atomic E-state index is 5.63. The molecule has 0 unspecified atom stereocenters. The molecule has 3 rings (SSSR count). The minimum atomic E-state index is 0.603. The smallest absolute Gasteiger partial charge is 0.163 e. The van der Waals surface area contributed by atoms with E-state index in [0.29, 0.717) is 13.2 Å². The van der Waals surface area contributed by atoms with Gasteiger partial charge in [0.15, 0.2) is 11.5 Å². The van der Waals surface area contributed by atoms with E-state index in [1.54, 1.807) is 0 Å². The number of pyridine rings is 1. The summed E-state index contributed by atoms with van der Waals surface area (Å²) >= 11 is 0. The standard InChI is InChI=1S/C15H18N2O2/c1-3-4-10-7-12(16-2)11-8-14-15(9-13(11)17-10)19-6-5-18-14/h7-9H,3-6H2,1-2H3,(H,16,17). The molecule has 19 heavy (non-hydrogen) atoms. The van der Waals surface area contributed by atoms with E-state index < -0.39 is 0 Å². The summed E-state index contributed by atoms with van der Waals surface area (Å²) in [5.41, 5.74) is 3.15. The van der Waals surface area contributed by atoms with Crippen molar-refractivity contribution < 1.29 is 9.47 Å². The second-order valence-electron chi connectivity index (χ2n) is 4.67. The Bertz CT molecular complexity index is 611. The van der Waals surface area contributed by atoms with Crippen LogP contribution < -0.4 is 14.8 Å². The fraction of sp³-hybridized carbons (Fsp3) is 0.400. The summed E-state index contributed by atoms with van der Waals surface area (Å²) in [4.78, 5) is 4.71. The Morgan fingerprint density at radius 3 is 2.58 bits per heavy atom. The van der Waals surface area contributed by atoms with Crippen molar-refractivity contribution in [2.75, 3.05) is 25.6 Å². The van der Waals surface area contributed by atoms with Gasteiger partial charge in [-0.05, 0) is 18.6 Å². The van der Waals surface area contributed by atoms with Gasteiger partial charge in [0.25, 0.3) is 0 Å². The van der Waals surface area contributed by atoms with Gasteiger partial charge in [-0.1, -0.05) is 13.3 Å². The highest BCUT2D eigenvalue weighted by atomic mass is 16.6. The quantitative estimate of drug-likeness (QED) is 0.919. The van der Waals surface area contributed by atoms with Crippen molar-refractivity contribution in [2.24, 2.45) is 0 Å². The van der Waals surface area contributed by atoms with E-state index in [4.69, 9.17) is 14.5 Å². The third-order valence-corrected chi connectivity index (χ3v) is 3.30. The van der Waals surface area contributed by atoms with E-state index in [9.17, 15) is 0 Å². The molecular formula is C15H18N2O2. The second kappa shape index (κ2) is 4.96. The number of fused-ring (bicyclic) bond motifs is 2. The first-order chi connectivity index (χ1) is 9.31. The molecule has 1 aliphatic heterocycles. The Labute approximate surface area is 112 Å². The van der Waals surface area contributed by atoms with Crippen LogP contribution in [0.5, 0.6) is 11.5 Å². The monoisotopic (exact) mass is 258 g/mol. The van der Waals surface area contributed by atoms with Crippen LogP contribution in [0.15, 0.2) is 18.2 Å². The number of hydrogen-bond acceptors (Lipinski definition) is 4. The minimum Gasteiger partial charge on any atom is -0.486 e. The number of anilines is 1. The van der Waals surface area contributed by atoms with Crippen molar-refractivity contribution in [3.63, 3.8) is 0 Å². The fourth-order valence-electron chi connectivity index (χ4n) is 2.41. The molecule has 0 atom stereocenters. The molecule has 1 N–H and O–H groups in total. The Morgan fingerprint density at radius 1 is 1.16 bits per heavy atom. The molecule has 0 fully saturated rings. The molecule has 0 saturated carbocycles. The summed E-state index contributed by atoms with van der Waals surface area (Å²) in [6.07, 6.45) is 2.07. The van der Waals surface area contributed by atoms with Crippen molar-refractivity contribution in [2.45, 2.75) is 19.8 Å². The Balaban J connectivity index is 2.19. The summed E-state index contributed by atoms with van der Waals surface area (Å²) in [7, 11) is 1.93. The van der Waals surface area contributed by atoms with Gasteiger partial charge in [-0.3, -0.25) is 4.98 Å². The summed E-state index contributed by atoms with van der Waals surface area (Å²) in [5.74, 6) is 1.60. The van der Waals surface area contributed by atoms with E-state index in [-0.39, 0.29) is 0 Å². The second-order valence-corrected chi connectivity index (χ2v) is 4.67. The van der Waals surface area contributed by atoms with Gasteiger partial charge in [0, 0.05) is 29.9 Å². The molecule has 2 aromatic rings. The normalized spacial score (nSPS) is 13.6. The predicted octanol–water partition coefficient (Wildman–Crippen LogP) is 3.00. The van der Waals surface area contributed by atoms with Crippen molar-refractivity contribution in [3.05, 3.63) is 23.9 Å². The van der Waals surface area contributed by atoms with Crippen LogP contribution in [0.2, 0.25) is 0 Å². The molecule has 1 aliphatic rings. The van der Waals surface area contributed by atoms with Gasteiger partial charge in [0.1, 0.15) is 13.2 Å². The van der Waals surface area contributed by atoms with Crippen molar-refractivity contribution in [3.8, 4) is 11.5 Å². The number of ether oxygens (including phenoxy) is 2. The molecule has 4 nitrogen and oxygen atoms in total. The SMILES string of the molecule is CCCc1cc(NC)c2cc3c(cc2n1)OCCO3. The van der Waals surface area contributed by atoms with Gasteiger partial charge >= 0.3 is 0 Å². The van der Waals surface area contributed by atoms with Gasteiger partial charge in [0.2, 0.25) is 0 Å². The van der Waals surface area contributed by atoms with E-state index in [0.717, 1.165) is 46.6 Å². The summed E-state index contributed by atoms with van der Waals surface area (Å²) in [6.45, 7) is 3.37. The van der Waals surface area contributed by atoms with Gasteiger partial charge < -0.3 is 14.8 Å². The average molecular weight is 258 g/mol. The van der Waals surface area contributed by atoms with Gasteiger partial charge in [-0.2, -0.15) is 0 Å². The number of hydrogen-bond donors (Lipinski definition) is 1.